The molecule has 0 atom stereocenters. The van der Waals surface area contributed by atoms with E-state index in [-0.39, 0.29) is 24.1 Å². The van der Waals surface area contributed by atoms with Gasteiger partial charge in [0.1, 0.15) is 6.61 Å². The van der Waals surface area contributed by atoms with Crippen LogP contribution in [0.1, 0.15) is 25.8 Å². The minimum absolute atomic E-state index is 0.00884. The summed E-state index contributed by atoms with van der Waals surface area (Å²) >= 11 is 0.896. The molecule has 0 spiro atoms. The Kier molecular flexibility index (Phi) is 7.87. The van der Waals surface area contributed by atoms with Crippen LogP contribution in [0.3, 0.4) is 0 Å². The van der Waals surface area contributed by atoms with Gasteiger partial charge in [-0.05, 0) is 36.5 Å². The molecule has 140 valence electrons. The van der Waals surface area contributed by atoms with E-state index in [1.54, 1.807) is 6.08 Å². The Labute approximate surface area is 158 Å². The summed E-state index contributed by atoms with van der Waals surface area (Å²) in [6.45, 7) is 6.94. The summed E-state index contributed by atoms with van der Waals surface area (Å²) in [5.41, 5.74) is 0.855. The number of esters is 1. The van der Waals surface area contributed by atoms with Gasteiger partial charge in [-0.3, -0.25) is 19.3 Å². The summed E-state index contributed by atoms with van der Waals surface area (Å²) in [4.78, 5) is 39.9. The molecule has 1 aromatic rings. The zero-order valence-electron chi connectivity index (χ0n) is 15.1. The molecule has 1 fully saturated rings. The summed E-state index contributed by atoms with van der Waals surface area (Å²) in [5.74, 6) is -0.761. The molecule has 26 heavy (non-hydrogen) atoms. The number of amides is 2. The molecule has 7 heteroatoms. The van der Waals surface area contributed by atoms with Gasteiger partial charge in [-0.2, -0.15) is 0 Å². The summed E-state index contributed by atoms with van der Waals surface area (Å²) < 4.78 is 5.18. The van der Waals surface area contributed by atoms with Gasteiger partial charge in [-0.1, -0.05) is 44.2 Å². The van der Waals surface area contributed by atoms with Crippen molar-refractivity contribution in [2.75, 3.05) is 32.8 Å². The Balaban J connectivity index is 1.82. The SMILES string of the molecule is CCN(CC)CCOC(=O)CCN1C(=O)S/C(=C\c2ccccc2)C1=O. The predicted octanol–water partition coefficient (Wildman–Crippen LogP) is 3.00. The number of rotatable bonds is 9. The molecule has 1 aromatic carbocycles. The Morgan fingerprint density at radius 2 is 1.88 bits per heavy atom. The van der Waals surface area contributed by atoms with Gasteiger partial charge in [-0.15, -0.1) is 0 Å². The fourth-order valence-electron chi connectivity index (χ4n) is 2.50. The highest BCUT2D eigenvalue weighted by atomic mass is 32.2. The average molecular weight is 376 g/mol. The Morgan fingerprint density at radius 1 is 1.19 bits per heavy atom. The van der Waals surface area contributed by atoms with Crippen molar-refractivity contribution in [3.8, 4) is 0 Å². The predicted molar refractivity (Wildman–Crippen MR) is 102 cm³/mol. The van der Waals surface area contributed by atoms with E-state index in [2.05, 4.69) is 4.90 Å². The molecule has 0 saturated carbocycles. The molecule has 0 bridgehead atoms. The molecule has 0 unspecified atom stereocenters. The van der Waals surface area contributed by atoms with Crippen molar-refractivity contribution in [3.05, 3.63) is 40.8 Å². The topological polar surface area (TPSA) is 66.9 Å². The number of benzene rings is 1. The molecule has 0 aliphatic carbocycles. The number of hydrogen-bond acceptors (Lipinski definition) is 6. The number of likely N-dealkylation sites (N-methyl/N-ethyl adjacent to an activating group) is 1. The second-order valence-electron chi connectivity index (χ2n) is 5.74. The maximum atomic E-state index is 12.4. The van der Waals surface area contributed by atoms with E-state index in [0.29, 0.717) is 18.1 Å². The maximum absolute atomic E-state index is 12.4. The van der Waals surface area contributed by atoms with Crippen LogP contribution in [0.25, 0.3) is 6.08 Å². The minimum Gasteiger partial charge on any atom is -0.464 e. The van der Waals surface area contributed by atoms with Crippen LogP contribution in [0.5, 0.6) is 0 Å². The fourth-order valence-corrected chi connectivity index (χ4v) is 3.36. The lowest BCUT2D eigenvalue weighted by molar-refractivity contribution is -0.144. The number of carbonyl (C=O) groups excluding carboxylic acids is 3. The number of imide groups is 1. The zero-order valence-corrected chi connectivity index (χ0v) is 16.0. The molecule has 6 nitrogen and oxygen atoms in total. The van der Waals surface area contributed by atoms with Gasteiger partial charge in [0.2, 0.25) is 0 Å². The van der Waals surface area contributed by atoms with Crippen LogP contribution in [0.2, 0.25) is 0 Å². The highest BCUT2D eigenvalue weighted by Gasteiger charge is 2.35. The Morgan fingerprint density at radius 3 is 2.54 bits per heavy atom. The standard InChI is InChI=1S/C19H24N2O4S/c1-3-20(4-2)12-13-25-17(22)10-11-21-18(23)16(26-19(21)24)14-15-8-6-5-7-9-15/h5-9,14H,3-4,10-13H2,1-2H3/b16-14-. The van der Waals surface area contributed by atoms with Crippen molar-refractivity contribution in [2.45, 2.75) is 20.3 Å². The van der Waals surface area contributed by atoms with Crippen LogP contribution in [-0.4, -0.2) is 59.7 Å². The zero-order chi connectivity index (χ0) is 18.9. The number of carbonyl (C=O) groups is 3. The van der Waals surface area contributed by atoms with E-state index >= 15 is 0 Å². The molecule has 0 radical (unpaired) electrons. The molecule has 2 rings (SSSR count). The van der Waals surface area contributed by atoms with Crippen LogP contribution < -0.4 is 0 Å². The quantitative estimate of drug-likeness (QED) is 0.488. The summed E-state index contributed by atoms with van der Waals surface area (Å²) in [7, 11) is 0. The van der Waals surface area contributed by atoms with E-state index in [9.17, 15) is 14.4 Å². The third kappa shape index (κ3) is 5.71. The highest BCUT2D eigenvalue weighted by Crippen LogP contribution is 2.32. The Hall–Kier alpha value is -2.12. The van der Waals surface area contributed by atoms with E-state index in [0.717, 1.165) is 35.3 Å². The highest BCUT2D eigenvalue weighted by molar-refractivity contribution is 8.18. The van der Waals surface area contributed by atoms with Gasteiger partial charge >= 0.3 is 5.97 Å². The molecule has 1 aliphatic rings. The lowest BCUT2D eigenvalue weighted by Gasteiger charge is -2.17. The first-order valence-corrected chi connectivity index (χ1v) is 9.55. The van der Waals surface area contributed by atoms with Crippen LogP contribution >= 0.6 is 11.8 Å². The molecular weight excluding hydrogens is 352 g/mol. The third-order valence-electron chi connectivity index (χ3n) is 4.08. The normalized spacial score (nSPS) is 16.0. The van der Waals surface area contributed by atoms with Crippen LogP contribution in [0, 0.1) is 0 Å². The first kappa shape index (κ1) is 20.2. The lowest BCUT2D eigenvalue weighted by atomic mass is 10.2. The van der Waals surface area contributed by atoms with Crippen LogP contribution in [0.4, 0.5) is 4.79 Å². The molecular formula is C19H24N2O4S. The largest absolute Gasteiger partial charge is 0.464 e. The summed E-state index contributed by atoms with van der Waals surface area (Å²) in [6.07, 6.45) is 1.70. The van der Waals surface area contributed by atoms with E-state index < -0.39 is 5.97 Å². The van der Waals surface area contributed by atoms with E-state index in [4.69, 9.17) is 4.74 Å². The molecule has 1 aliphatic heterocycles. The van der Waals surface area contributed by atoms with Crippen LogP contribution in [0.15, 0.2) is 35.2 Å². The van der Waals surface area contributed by atoms with E-state index in [1.807, 2.05) is 44.2 Å². The lowest BCUT2D eigenvalue weighted by Crippen LogP contribution is -2.31. The van der Waals surface area contributed by atoms with Crippen molar-refractivity contribution in [1.29, 1.82) is 0 Å². The number of ether oxygens (including phenoxy) is 1. The Bertz CT molecular complexity index is 671. The minimum atomic E-state index is -0.400. The van der Waals surface area contributed by atoms with Gasteiger partial charge in [-0.25, -0.2) is 0 Å². The second-order valence-corrected chi connectivity index (χ2v) is 6.73. The maximum Gasteiger partial charge on any atom is 0.307 e. The van der Waals surface area contributed by atoms with Gasteiger partial charge in [0.25, 0.3) is 11.1 Å². The smallest absolute Gasteiger partial charge is 0.307 e. The first-order valence-electron chi connectivity index (χ1n) is 8.73. The number of nitrogens with zero attached hydrogens (tertiary/aromatic N) is 2. The van der Waals surface area contributed by atoms with Gasteiger partial charge < -0.3 is 9.64 Å². The molecule has 1 heterocycles. The second kappa shape index (κ2) is 10.1. The van der Waals surface area contributed by atoms with Crippen molar-refractivity contribution >= 4 is 35.0 Å². The van der Waals surface area contributed by atoms with Crippen molar-refractivity contribution in [1.82, 2.24) is 9.80 Å². The number of hydrogen-bond donors (Lipinski definition) is 0. The van der Waals surface area contributed by atoms with Crippen LogP contribution in [-0.2, 0) is 14.3 Å². The number of thioether (sulfide) groups is 1. The monoisotopic (exact) mass is 376 g/mol. The molecule has 0 aromatic heterocycles. The van der Waals surface area contributed by atoms with E-state index in [1.165, 1.54) is 0 Å². The van der Waals surface area contributed by atoms with Gasteiger partial charge in [0.05, 0.1) is 11.3 Å². The average Bonchev–Trinajstić information content (AvgIpc) is 2.91. The fraction of sp³-hybridized carbons (Fsp3) is 0.421. The summed E-state index contributed by atoms with van der Waals surface area (Å²) in [6, 6.07) is 9.34. The van der Waals surface area contributed by atoms with Crippen molar-refractivity contribution < 1.29 is 19.1 Å². The van der Waals surface area contributed by atoms with Gasteiger partial charge in [0, 0.05) is 13.1 Å². The van der Waals surface area contributed by atoms with Crippen molar-refractivity contribution in [3.63, 3.8) is 0 Å². The van der Waals surface area contributed by atoms with Crippen molar-refractivity contribution in [2.24, 2.45) is 0 Å². The third-order valence-corrected chi connectivity index (χ3v) is 4.98. The van der Waals surface area contributed by atoms with Gasteiger partial charge in [0.15, 0.2) is 0 Å². The first-order chi connectivity index (χ1) is 12.5. The molecule has 0 N–H and O–H groups in total. The summed E-state index contributed by atoms with van der Waals surface area (Å²) in [5, 5.41) is -0.354. The molecule has 2 amide bonds. The molecule has 1 saturated heterocycles.